The highest BCUT2D eigenvalue weighted by Gasteiger charge is 2.32. The van der Waals surface area contributed by atoms with Crippen molar-refractivity contribution in [1.29, 1.82) is 0 Å². The fraction of sp³-hybridized carbons (Fsp3) is 0.444. The van der Waals surface area contributed by atoms with Gasteiger partial charge in [0.2, 0.25) is 17.6 Å². The Labute approximate surface area is 215 Å². The minimum Gasteiger partial charge on any atom is -0.368 e. The number of aryl methyl sites for hydroxylation is 1. The minimum absolute atomic E-state index is 0.0310. The lowest BCUT2D eigenvalue weighted by molar-refractivity contribution is -0.137. The van der Waals surface area contributed by atoms with E-state index in [1.165, 1.54) is 16.8 Å². The standard InChI is InChI=1S/C27H32BrN5O2/c1-19-6-3-10-24(20(19)2)32-12-14-33(15-13-32)27(34)22-8-5-11-31(17-22)18-25-29-26(30-35-25)21-7-4-9-23(28)16-21/h3-4,6-7,9-10,16,22H,5,8,11-15,17-18H2,1-2H3. The Hall–Kier alpha value is -2.71. The third kappa shape index (κ3) is 5.43. The maximum atomic E-state index is 13.4. The molecule has 35 heavy (non-hydrogen) atoms. The van der Waals surface area contributed by atoms with Crippen LogP contribution in [0.2, 0.25) is 0 Å². The molecule has 0 aliphatic carbocycles. The number of piperidine rings is 1. The molecule has 184 valence electrons. The van der Waals surface area contributed by atoms with Gasteiger partial charge in [0.1, 0.15) is 0 Å². The number of anilines is 1. The Bertz CT molecular complexity index is 1190. The molecule has 0 spiro atoms. The van der Waals surface area contributed by atoms with Crippen LogP contribution in [-0.4, -0.2) is 65.1 Å². The summed E-state index contributed by atoms with van der Waals surface area (Å²) in [4.78, 5) is 24.7. The summed E-state index contributed by atoms with van der Waals surface area (Å²) in [5.74, 6) is 1.50. The molecule has 2 saturated heterocycles. The fourth-order valence-corrected chi connectivity index (χ4v) is 5.56. The number of benzene rings is 2. The van der Waals surface area contributed by atoms with Crippen molar-refractivity contribution in [3.63, 3.8) is 0 Å². The van der Waals surface area contributed by atoms with Crippen molar-refractivity contribution in [1.82, 2.24) is 19.9 Å². The van der Waals surface area contributed by atoms with E-state index in [1.807, 2.05) is 24.3 Å². The van der Waals surface area contributed by atoms with Gasteiger partial charge in [0.15, 0.2) is 0 Å². The van der Waals surface area contributed by atoms with Crippen LogP contribution in [0.4, 0.5) is 5.69 Å². The SMILES string of the molecule is Cc1cccc(N2CCN(C(=O)C3CCCN(Cc4nc(-c5cccc(Br)c5)no4)C3)CC2)c1C. The second kappa shape index (κ2) is 10.5. The topological polar surface area (TPSA) is 65.7 Å². The van der Waals surface area contributed by atoms with Crippen LogP contribution in [0.5, 0.6) is 0 Å². The summed E-state index contributed by atoms with van der Waals surface area (Å²) in [5.41, 5.74) is 4.86. The first kappa shape index (κ1) is 24.0. The van der Waals surface area contributed by atoms with Gasteiger partial charge < -0.3 is 14.3 Å². The van der Waals surface area contributed by atoms with Crippen LogP contribution in [0.25, 0.3) is 11.4 Å². The number of hydrogen-bond donors (Lipinski definition) is 0. The molecular formula is C27H32BrN5O2. The maximum absolute atomic E-state index is 13.4. The van der Waals surface area contributed by atoms with E-state index in [0.29, 0.717) is 18.3 Å². The molecule has 0 N–H and O–H groups in total. The highest BCUT2D eigenvalue weighted by atomic mass is 79.9. The largest absolute Gasteiger partial charge is 0.368 e. The third-order valence-electron chi connectivity index (χ3n) is 7.27. The molecule has 1 atom stereocenters. The van der Waals surface area contributed by atoms with Crippen molar-refractivity contribution in [3.05, 3.63) is 64.0 Å². The van der Waals surface area contributed by atoms with E-state index in [-0.39, 0.29) is 11.8 Å². The maximum Gasteiger partial charge on any atom is 0.241 e. The number of hydrogen-bond acceptors (Lipinski definition) is 6. The van der Waals surface area contributed by atoms with Crippen molar-refractivity contribution in [2.24, 2.45) is 5.92 Å². The van der Waals surface area contributed by atoms with Crippen LogP contribution in [0.3, 0.4) is 0 Å². The zero-order valence-corrected chi connectivity index (χ0v) is 22.0. The van der Waals surface area contributed by atoms with E-state index < -0.39 is 0 Å². The first-order valence-electron chi connectivity index (χ1n) is 12.4. The summed E-state index contributed by atoms with van der Waals surface area (Å²) in [6, 6.07) is 14.3. The number of carbonyl (C=O) groups is 1. The molecule has 8 heteroatoms. The average molecular weight is 538 g/mol. The predicted molar refractivity (Wildman–Crippen MR) is 140 cm³/mol. The van der Waals surface area contributed by atoms with Crippen molar-refractivity contribution in [2.75, 3.05) is 44.2 Å². The fourth-order valence-electron chi connectivity index (χ4n) is 5.16. The number of piperazine rings is 1. The predicted octanol–water partition coefficient (Wildman–Crippen LogP) is 4.68. The molecule has 3 aromatic rings. The van der Waals surface area contributed by atoms with Gasteiger partial charge in [-0.15, -0.1) is 0 Å². The third-order valence-corrected chi connectivity index (χ3v) is 7.77. The summed E-state index contributed by atoms with van der Waals surface area (Å²) in [7, 11) is 0. The number of aromatic nitrogens is 2. The molecule has 2 aliphatic heterocycles. The van der Waals surface area contributed by atoms with Gasteiger partial charge in [-0.1, -0.05) is 45.4 Å². The molecule has 0 saturated carbocycles. The van der Waals surface area contributed by atoms with Crippen LogP contribution in [0, 0.1) is 19.8 Å². The normalized spacial score (nSPS) is 19.2. The lowest BCUT2D eigenvalue weighted by atomic mass is 9.96. The molecule has 1 unspecified atom stereocenters. The molecule has 2 fully saturated rings. The van der Waals surface area contributed by atoms with Crippen LogP contribution in [0.1, 0.15) is 29.9 Å². The minimum atomic E-state index is 0.0310. The molecule has 2 aliphatic rings. The van der Waals surface area contributed by atoms with Gasteiger partial charge in [-0.25, -0.2) is 0 Å². The van der Waals surface area contributed by atoms with Gasteiger partial charge in [0.25, 0.3) is 0 Å². The summed E-state index contributed by atoms with van der Waals surface area (Å²) in [5, 5.41) is 4.15. The smallest absolute Gasteiger partial charge is 0.241 e. The molecule has 0 bridgehead atoms. The van der Waals surface area contributed by atoms with Crippen LogP contribution < -0.4 is 4.90 Å². The van der Waals surface area contributed by atoms with Gasteiger partial charge in [-0.05, 0) is 62.6 Å². The number of rotatable bonds is 5. The zero-order chi connectivity index (χ0) is 24.4. The van der Waals surface area contributed by atoms with Crippen molar-refractivity contribution in [3.8, 4) is 11.4 Å². The first-order valence-corrected chi connectivity index (χ1v) is 13.2. The molecular weight excluding hydrogens is 506 g/mol. The van der Waals surface area contributed by atoms with Crippen molar-refractivity contribution in [2.45, 2.75) is 33.2 Å². The lowest BCUT2D eigenvalue weighted by Gasteiger charge is -2.40. The van der Waals surface area contributed by atoms with E-state index in [1.54, 1.807) is 0 Å². The summed E-state index contributed by atoms with van der Waals surface area (Å²) >= 11 is 3.49. The summed E-state index contributed by atoms with van der Waals surface area (Å²) in [6.45, 7) is 9.92. The second-order valence-corrected chi connectivity index (χ2v) is 10.5. The molecule has 1 amide bonds. The van der Waals surface area contributed by atoms with Gasteiger partial charge in [-0.2, -0.15) is 4.98 Å². The average Bonchev–Trinajstić information content (AvgIpc) is 3.34. The van der Waals surface area contributed by atoms with Gasteiger partial charge in [0, 0.05) is 48.4 Å². The van der Waals surface area contributed by atoms with E-state index in [0.717, 1.165) is 62.1 Å². The monoisotopic (exact) mass is 537 g/mol. The van der Waals surface area contributed by atoms with Gasteiger partial charge in [-0.3, -0.25) is 9.69 Å². The Balaban J connectivity index is 1.16. The molecule has 5 rings (SSSR count). The Kier molecular flexibility index (Phi) is 7.20. The van der Waals surface area contributed by atoms with Crippen LogP contribution >= 0.6 is 15.9 Å². The van der Waals surface area contributed by atoms with E-state index >= 15 is 0 Å². The number of likely N-dealkylation sites (tertiary alicyclic amines) is 1. The Morgan fingerprint density at radius 3 is 2.69 bits per heavy atom. The number of halogens is 1. The van der Waals surface area contributed by atoms with Crippen LogP contribution in [0.15, 0.2) is 51.5 Å². The van der Waals surface area contributed by atoms with Gasteiger partial charge >= 0.3 is 0 Å². The lowest BCUT2D eigenvalue weighted by Crippen LogP contribution is -2.52. The second-order valence-electron chi connectivity index (χ2n) is 9.63. The first-order chi connectivity index (χ1) is 17.0. The quantitative estimate of drug-likeness (QED) is 0.470. The molecule has 2 aromatic carbocycles. The highest BCUT2D eigenvalue weighted by molar-refractivity contribution is 9.10. The van der Waals surface area contributed by atoms with Crippen molar-refractivity contribution >= 4 is 27.5 Å². The van der Waals surface area contributed by atoms with E-state index in [4.69, 9.17) is 4.52 Å². The molecule has 3 heterocycles. The van der Waals surface area contributed by atoms with Gasteiger partial charge in [0.05, 0.1) is 12.5 Å². The number of amides is 1. The van der Waals surface area contributed by atoms with E-state index in [9.17, 15) is 4.79 Å². The number of carbonyl (C=O) groups excluding carboxylic acids is 1. The van der Waals surface area contributed by atoms with Crippen LogP contribution in [-0.2, 0) is 11.3 Å². The molecule has 7 nitrogen and oxygen atoms in total. The Morgan fingerprint density at radius 2 is 1.89 bits per heavy atom. The molecule has 1 aromatic heterocycles. The Morgan fingerprint density at radius 1 is 1.09 bits per heavy atom. The number of nitrogens with zero attached hydrogens (tertiary/aromatic N) is 5. The van der Waals surface area contributed by atoms with E-state index in [2.05, 4.69) is 72.8 Å². The summed E-state index contributed by atoms with van der Waals surface area (Å²) in [6.07, 6.45) is 1.95. The zero-order valence-electron chi connectivity index (χ0n) is 20.4. The summed E-state index contributed by atoms with van der Waals surface area (Å²) < 4.78 is 6.51. The highest BCUT2D eigenvalue weighted by Crippen LogP contribution is 2.26. The molecule has 0 radical (unpaired) electrons. The van der Waals surface area contributed by atoms with Crippen molar-refractivity contribution < 1.29 is 9.32 Å².